The standard InChI is InChI=1S/C19H20F3N3O4.2ClH/c1-28-17-7-4-14(12-16(17)25(26)27)18(24-10-8-23-9-11-24)13-2-5-15(6-3-13)29-19(20,21)22;;/h2-7,12,18,23H,8-11H2,1H3;2*1H/t18-;;/m1../s1. The van der Waals surface area contributed by atoms with E-state index in [1.165, 1.54) is 31.4 Å². The maximum Gasteiger partial charge on any atom is 0.573 e. The highest BCUT2D eigenvalue weighted by atomic mass is 35.5. The van der Waals surface area contributed by atoms with Crippen molar-refractivity contribution in [2.45, 2.75) is 12.4 Å². The summed E-state index contributed by atoms with van der Waals surface area (Å²) in [6, 6.07) is 9.94. The molecule has 7 nitrogen and oxygen atoms in total. The fourth-order valence-electron chi connectivity index (χ4n) is 3.43. The van der Waals surface area contributed by atoms with E-state index in [4.69, 9.17) is 4.74 Å². The molecule has 0 aliphatic carbocycles. The molecule has 0 radical (unpaired) electrons. The van der Waals surface area contributed by atoms with Crippen LogP contribution >= 0.6 is 24.8 Å². The van der Waals surface area contributed by atoms with Crippen molar-refractivity contribution in [1.29, 1.82) is 0 Å². The Bertz CT molecular complexity index is 863. The molecule has 3 rings (SSSR count). The summed E-state index contributed by atoms with van der Waals surface area (Å²) >= 11 is 0. The lowest BCUT2D eigenvalue weighted by atomic mass is 9.95. The van der Waals surface area contributed by atoms with Crippen LogP contribution in [-0.2, 0) is 0 Å². The third-order valence-corrected chi connectivity index (χ3v) is 4.66. The Balaban J connectivity index is 0.00000240. The fraction of sp³-hybridized carbons (Fsp3) is 0.368. The van der Waals surface area contributed by atoms with Crippen LogP contribution in [0.4, 0.5) is 18.9 Å². The Kier molecular flexibility index (Phi) is 9.82. The summed E-state index contributed by atoms with van der Waals surface area (Å²) in [6.07, 6.45) is -4.77. The summed E-state index contributed by atoms with van der Waals surface area (Å²) < 4.78 is 46.3. The molecule has 12 heteroatoms. The second-order valence-corrected chi connectivity index (χ2v) is 6.49. The topological polar surface area (TPSA) is 76.9 Å². The zero-order valence-corrected chi connectivity index (χ0v) is 18.1. The Morgan fingerprint density at radius 1 is 1.06 bits per heavy atom. The Labute approximate surface area is 189 Å². The Hall–Kier alpha value is -2.27. The smallest absolute Gasteiger partial charge is 0.490 e. The molecule has 172 valence electrons. The second-order valence-electron chi connectivity index (χ2n) is 6.49. The van der Waals surface area contributed by atoms with Crippen molar-refractivity contribution in [2.75, 3.05) is 33.3 Å². The van der Waals surface area contributed by atoms with Gasteiger partial charge in [-0.05, 0) is 29.3 Å². The SMILES string of the molecule is COc1ccc([C@@H](c2ccc(OC(F)(F)F)cc2)N2CCNCC2)cc1[N+](=O)[O-].Cl.Cl. The van der Waals surface area contributed by atoms with Crippen LogP contribution in [-0.4, -0.2) is 49.5 Å². The summed E-state index contributed by atoms with van der Waals surface area (Å²) in [5, 5.41) is 14.7. The van der Waals surface area contributed by atoms with Crippen LogP contribution in [0.1, 0.15) is 17.2 Å². The molecule has 1 N–H and O–H groups in total. The predicted octanol–water partition coefficient (Wildman–Crippen LogP) is 4.34. The second kappa shape index (κ2) is 11.4. The summed E-state index contributed by atoms with van der Waals surface area (Å²) in [5.41, 5.74) is 1.20. The van der Waals surface area contributed by atoms with Gasteiger partial charge in [0.15, 0.2) is 5.75 Å². The summed E-state index contributed by atoms with van der Waals surface area (Å²) in [7, 11) is 1.36. The van der Waals surface area contributed by atoms with Crippen molar-refractivity contribution in [1.82, 2.24) is 10.2 Å². The average Bonchev–Trinajstić information content (AvgIpc) is 2.69. The molecule has 1 atom stereocenters. The number of hydrogen-bond acceptors (Lipinski definition) is 6. The van der Waals surface area contributed by atoms with E-state index >= 15 is 0 Å². The molecule has 0 saturated carbocycles. The third kappa shape index (κ3) is 6.86. The van der Waals surface area contributed by atoms with Crippen molar-refractivity contribution in [3.63, 3.8) is 0 Å². The first kappa shape index (κ1) is 26.8. The molecule has 2 aromatic carbocycles. The van der Waals surface area contributed by atoms with Crippen molar-refractivity contribution >= 4 is 30.5 Å². The lowest BCUT2D eigenvalue weighted by Crippen LogP contribution is -2.45. The van der Waals surface area contributed by atoms with Crippen molar-refractivity contribution in [2.24, 2.45) is 0 Å². The van der Waals surface area contributed by atoms with E-state index in [1.54, 1.807) is 18.2 Å². The van der Waals surface area contributed by atoms with Crippen molar-refractivity contribution in [3.8, 4) is 11.5 Å². The minimum absolute atomic E-state index is 0. The van der Waals surface area contributed by atoms with Gasteiger partial charge < -0.3 is 14.8 Å². The van der Waals surface area contributed by atoms with E-state index in [2.05, 4.69) is 15.0 Å². The highest BCUT2D eigenvalue weighted by molar-refractivity contribution is 5.85. The molecule has 0 bridgehead atoms. The highest BCUT2D eigenvalue weighted by Crippen LogP contribution is 2.36. The van der Waals surface area contributed by atoms with Crippen molar-refractivity contribution in [3.05, 3.63) is 63.7 Å². The first-order valence-electron chi connectivity index (χ1n) is 8.91. The molecule has 0 unspecified atom stereocenters. The molecule has 31 heavy (non-hydrogen) atoms. The molecule has 1 heterocycles. The monoisotopic (exact) mass is 483 g/mol. The van der Waals surface area contributed by atoms with Crippen LogP contribution in [0, 0.1) is 10.1 Å². The Morgan fingerprint density at radius 2 is 1.65 bits per heavy atom. The third-order valence-electron chi connectivity index (χ3n) is 4.66. The number of benzene rings is 2. The van der Waals surface area contributed by atoms with Crippen LogP contribution in [0.2, 0.25) is 0 Å². The van der Waals surface area contributed by atoms with E-state index in [-0.39, 0.29) is 48.0 Å². The molecule has 0 amide bonds. The summed E-state index contributed by atoms with van der Waals surface area (Å²) in [4.78, 5) is 13.0. The number of ether oxygens (including phenoxy) is 2. The van der Waals surface area contributed by atoms with Gasteiger partial charge in [0.2, 0.25) is 0 Å². The Morgan fingerprint density at radius 3 is 2.16 bits per heavy atom. The molecule has 1 saturated heterocycles. The molecular formula is C19H22Cl2F3N3O4. The van der Waals surface area contributed by atoms with Gasteiger partial charge in [0.05, 0.1) is 18.1 Å². The number of alkyl halides is 3. The van der Waals surface area contributed by atoms with Gasteiger partial charge in [-0.1, -0.05) is 18.2 Å². The number of piperazine rings is 1. The number of hydrogen-bond donors (Lipinski definition) is 1. The van der Waals surface area contributed by atoms with Crippen LogP contribution < -0.4 is 14.8 Å². The number of nitro groups is 1. The maximum absolute atomic E-state index is 12.4. The minimum Gasteiger partial charge on any atom is -0.490 e. The molecule has 1 aliphatic rings. The highest BCUT2D eigenvalue weighted by Gasteiger charge is 2.31. The molecule has 1 aliphatic heterocycles. The predicted molar refractivity (Wildman–Crippen MR) is 114 cm³/mol. The van der Waals surface area contributed by atoms with Gasteiger partial charge >= 0.3 is 12.0 Å². The van der Waals surface area contributed by atoms with Gasteiger partial charge in [-0.15, -0.1) is 38.0 Å². The number of nitrogens with one attached hydrogen (secondary N) is 1. The molecular weight excluding hydrogens is 462 g/mol. The van der Waals surface area contributed by atoms with E-state index in [1.807, 2.05) is 0 Å². The summed E-state index contributed by atoms with van der Waals surface area (Å²) in [5.74, 6) is -0.173. The van der Waals surface area contributed by atoms with Crippen LogP contribution in [0.5, 0.6) is 11.5 Å². The van der Waals surface area contributed by atoms with Gasteiger partial charge in [-0.25, -0.2) is 0 Å². The zero-order valence-electron chi connectivity index (χ0n) is 16.4. The summed E-state index contributed by atoms with van der Waals surface area (Å²) in [6.45, 7) is 2.85. The average molecular weight is 484 g/mol. The number of halogens is 5. The number of rotatable bonds is 6. The maximum atomic E-state index is 12.4. The normalized spacial score (nSPS) is 15.2. The lowest BCUT2D eigenvalue weighted by Gasteiger charge is -2.35. The molecule has 1 fully saturated rings. The van der Waals surface area contributed by atoms with Crippen LogP contribution in [0.3, 0.4) is 0 Å². The molecule has 2 aromatic rings. The van der Waals surface area contributed by atoms with E-state index in [9.17, 15) is 23.3 Å². The zero-order chi connectivity index (χ0) is 21.0. The number of nitrogens with zero attached hydrogens (tertiary/aromatic N) is 2. The van der Waals surface area contributed by atoms with Gasteiger partial charge in [-0.2, -0.15) is 0 Å². The molecule has 0 aromatic heterocycles. The van der Waals surface area contributed by atoms with Crippen LogP contribution in [0.15, 0.2) is 42.5 Å². The first-order chi connectivity index (χ1) is 13.8. The van der Waals surface area contributed by atoms with Gasteiger partial charge in [0, 0.05) is 32.2 Å². The van der Waals surface area contributed by atoms with Gasteiger partial charge in [-0.3, -0.25) is 15.0 Å². The fourth-order valence-corrected chi connectivity index (χ4v) is 3.43. The lowest BCUT2D eigenvalue weighted by molar-refractivity contribution is -0.385. The molecule has 0 spiro atoms. The van der Waals surface area contributed by atoms with E-state index in [0.29, 0.717) is 24.2 Å². The minimum atomic E-state index is -4.77. The van der Waals surface area contributed by atoms with Crippen LogP contribution in [0.25, 0.3) is 0 Å². The largest absolute Gasteiger partial charge is 0.573 e. The van der Waals surface area contributed by atoms with Gasteiger partial charge in [0.25, 0.3) is 0 Å². The quantitative estimate of drug-likeness (QED) is 0.486. The van der Waals surface area contributed by atoms with Crippen molar-refractivity contribution < 1.29 is 27.6 Å². The van der Waals surface area contributed by atoms with E-state index < -0.39 is 11.3 Å². The number of nitro benzene ring substituents is 1. The van der Waals surface area contributed by atoms with Gasteiger partial charge in [0.1, 0.15) is 5.75 Å². The number of methoxy groups -OCH3 is 1. The van der Waals surface area contributed by atoms with E-state index in [0.717, 1.165) is 13.1 Å². The first-order valence-corrected chi connectivity index (χ1v) is 8.91.